The molecule has 0 saturated heterocycles. The smallest absolute Gasteiger partial charge is 0.128 e. The number of rotatable bonds is 2. The lowest BCUT2D eigenvalue weighted by Gasteiger charge is -2.31. The summed E-state index contributed by atoms with van der Waals surface area (Å²) in [6.07, 6.45) is 3.81. The molecular weight excluding hydrogens is 289 g/mol. The van der Waals surface area contributed by atoms with E-state index in [1.54, 1.807) is 6.07 Å². The van der Waals surface area contributed by atoms with Crippen molar-refractivity contribution in [3.63, 3.8) is 0 Å². The fourth-order valence-corrected chi connectivity index (χ4v) is 2.34. The fraction of sp³-hybridized carbons (Fsp3) is 0.455. The van der Waals surface area contributed by atoms with Crippen LogP contribution in [0.4, 0.5) is 0 Å². The molecule has 1 aliphatic rings. The van der Waals surface area contributed by atoms with Crippen LogP contribution < -0.4 is 5.73 Å². The van der Waals surface area contributed by atoms with Crippen LogP contribution in [0.1, 0.15) is 30.9 Å². The van der Waals surface area contributed by atoms with Gasteiger partial charge in [-0.2, -0.15) is 0 Å². The average molecular weight is 303 g/mol. The Kier molecular flexibility index (Phi) is 2.97. The van der Waals surface area contributed by atoms with Gasteiger partial charge < -0.3 is 10.8 Å². The minimum atomic E-state index is 0.151. The average Bonchev–Trinajstić information content (AvgIpc) is 2.06. The molecule has 1 saturated carbocycles. The fourth-order valence-electron chi connectivity index (χ4n) is 1.80. The Labute approximate surface area is 97.6 Å². The topological polar surface area (TPSA) is 46.2 Å². The van der Waals surface area contributed by atoms with Crippen molar-refractivity contribution in [2.75, 3.05) is 0 Å². The molecule has 0 spiro atoms. The third-order valence-electron chi connectivity index (χ3n) is 3.01. The van der Waals surface area contributed by atoms with Crippen LogP contribution in [0.2, 0.25) is 0 Å². The molecule has 0 aliphatic heterocycles. The maximum Gasteiger partial charge on any atom is 0.128 e. The molecule has 0 bridgehead atoms. The summed E-state index contributed by atoms with van der Waals surface area (Å²) in [6.45, 7) is 0. The number of nitrogens with two attached hydrogens (primary N) is 1. The number of hydrogen-bond donors (Lipinski definition) is 2. The van der Waals surface area contributed by atoms with Gasteiger partial charge in [0.2, 0.25) is 0 Å². The maximum absolute atomic E-state index is 9.39. The first-order valence-corrected chi connectivity index (χ1v) is 6.00. The monoisotopic (exact) mass is 303 g/mol. The molecule has 0 amide bonds. The van der Waals surface area contributed by atoms with E-state index < -0.39 is 0 Å². The van der Waals surface area contributed by atoms with Crippen molar-refractivity contribution < 1.29 is 5.11 Å². The molecule has 1 fully saturated rings. The Bertz CT molecular complexity index is 336. The highest BCUT2D eigenvalue weighted by Crippen LogP contribution is 2.37. The van der Waals surface area contributed by atoms with Crippen LogP contribution >= 0.6 is 22.6 Å². The maximum atomic E-state index is 9.39. The zero-order chi connectivity index (χ0) is 10.1. The summed E-state index contributed by atoms with van der Waals surface area (Å²) >= 11 is 2.13. The van der Waals surface area contributed by atoms with Gasteiger partial charge >= 0.3 is 0 Å². The Morgan fingerprint density at radius 3 is 2.64 bits per heavy atom. The summed E-state index contributed by atoms with van der Waals surface area (Å²) < 4.78 is 0.884. The summed E-state index contributed by atoms with van der Waals surface area (Å²) in [7, 11) is 0. The minimum Gasteiger partial charge on any atom is -0.507 e. The SMILES string of the molecule is NC(c1ccc(O)c(I)c1)C1CCC1. The van der Waals surface area contributed by atoms with E-state index in [9.17, 15) is 5.11 Å². The predicted molar refractivity (Wildman–Crippen MR) is 65.1 cm³/mol. The molecule has 1 unspecified atom stereocenters. The third kappa shape index (κ3) is 1.88. The van der Waals surface area contributed by atoms with Crippen molar-refractivity contribution in [2.24, 2.45) is 11.7 Å². The molecule has 0 heterocycles. The van der Waals surface area contributed by atoms with Crippen LogP contribution in [0.5, 0.6) is 5.75 Å². The number of phenols is 1. The number of hydrogen-bond acceptors (Lipinski definition) is 2. The second kappa shape index (κ2) is 4.06. The van der Waals surface area contributed by atoms with Gasteiger partial charge in [-0.3, -0.25) is 0 Å². The second-order valence-electron chi connectivity index (χ2n) is 3.93. The molecule has 76 valence electrons. The van der Waals surface area contributed by atoms with Gasteiger partial charge in [0.15, 0.2) is 0 Å². The zero-order valence-electron chi connectivity index (χ0n) is 7.91. The Hall–Kier alpha value is -0.290. The molecule has 2 nitrogen and oxygen atoms in total. The Morgan fingerprint density at radius 1 is 1.43 bits per heavy atom. The summed E-state index contributed by atoms with van der Waals surface area (Å²) in [5, 5.41) is 9.39. The molecule has 3 N–H and O–H groups in total. The van der Waals surface area contributed by atoms with Crippen molar-refractivity contribution in [3.05, 3.63) is 27.3 Å². The molecule has 1 aliphatic carbocycles. The highest BCUT2D eigenvalue weighted by atomic mass is 127. The van der Waals surface area contributed by atoms with Crippen LogP contribution in [0.3, 0.4) is 0 Å². The summed E-state index contributed by atoms with van der Waals surface area (Å²) in [5.74, 6) is 0.991. The molecule has 1 atom stereocenters. The van der Waals surface area contributed by atoms with E-state index in [-0.39, 0.29) is 6.04 Å². The van der Waals surface area contributed by atoms with E-state index >= 15 is 0 Å². The van der Waals surface area contributed by atoms with E-state index in [0.29, 0.717) is 11.7 Å². The largest absolute Gasteiger partial charge is 0.507 e. The second-order valence-corrected chi connectivity index (χ2v) is 5.09. The van der Waals surface area contributed by atoms with Gasteiger partial charge in [0, 0.05) is 6.04 Å². The molecule has 1 aromatic rings. The standard InChI is InChI=1S/C11H14INO/c12-9-6-8(4-5-10(9)14)11(13)7-2-1-3-7/h4-7,11,14H,1-3,13H2. The number of halogens is 1. The molecule has 3 heteroatoms. The summed E-state index contributed by atoms with van der Waals surface area (Å²) in [5.41, 5.74) is 7.28. The first-order valence-electron chi connectivity index (χ1n) is 4.92. The molecule has 2 rings (SSSR count). The highest BCUT2D eigenvalue weighted by Gasteiger charge is 2.25. The van der Waals surface area contributed by atoms with Gasteiger partial charge in [-0.15, -0.1) is 0 Å². The van der Waals surface area contributed by atoms with Crippen molar-refractivity contribution in [3.8, 4) is 5.75 Å². The normalized spacial score (nSPS) is 19.0. The number of benzene rings is 1. The van der Waals surface area contributed by atoms with Crippen LogP contribution in [0.15, 0.2) is 18.2 Å². The molecule has 1 aromatic carbocycles. The molecule has 0 radical (unpaired) electrons. The Balaban J connectivity index is 2.18. The van der Waals surface area contributed by atoms with Crippen molar-refractivity contribution >= 4 is 22.6 Å². The quantitative estimate of drug-likeness (QED) is 0.825. The predicted octanol–water partition coefficient (Wildman–Crippen LogP) is 2.80. The van der Waals surface area contributed by atoms with E-state index in [1.807, 2.05) is 12.1 Å². The first kappa shape index (κ1) is 10.2. The van der Waals surface area contributed by atoms with Gasteiger partial charge in [-0.25, -0.2) is 0 Å². The van der Waals surface area contributed by atoms with Crippen LogP contribution in [0, 0.1) is 9.49 Å². The molecule has 0 aromatic heterocycles. The van der Waals surface area contributed by atoms with E-state index in [2.05, 4.69) is 22.6 Å². The lowest BCUT2D eigenvalue weighted by atomic mass is 9.78. The van der Waals surface area contributed by atoms with E-state index in [1.165, 1.54) is 19.3 Å². The van der Waals surface area contributed by atoms with Gasteiger partial charge in [-0.05, 0) is 59.0 Å². The molecular formula is C11H14INO. The van der Waals surface area contributed by atoms with Crippen molar-refractivity contribution in [1.82, 2.24) is 0 Å². The number of aromatic hydroxyl groups is 1. The summed E-state index contributed by atoms with van der Waals surface area (Å²) in [4.78, 5) is 0. The lowest BCUT2D eigenvalue weighted by molar-refractivity contribution is 0.264. The minimum absolute atomic E-state index is 0.151. The molecule has 14 heavy (non-hydrogen) atoms. The van der Waals surface area contributed by atoms with Gasteiger partial charge in [-0.1, -0.05) is 12.5 Å². The zero-order valence-corrected chi connectivity index (χ0v) is 10.1. The van der Waals surface area contributed by atoms with E-state index in [4.69, 9.17) is 5.73 Å². The lowest BCUT2D eigenvalue weighted by Crippen LogP contribution is -2.26. The number of phenolic OH excluding ortho intramolecular Hbond substituents is 1. The van der Waals surface area contributed by atoms with Gasteiger partial charge in [0.1, 0.15) is 5.75 Å². The van der Waals surface area contributed by atoms with Gasteiger partial charge in [0.05, 0.1) is 3.57 Å². The van der Waals surface area contributed by atoms with E-state index in [0.717, 1.165) is 9.13 Å². The third-order valence-corrected chi connectivity index (χ3v) is 3.88. The van der Waals surface area contributed by atoms with Crippen LogP contribution in [-0.2, 0) is 0 Å². The Morgan fingerprint density at radius 2 is 2.14 bits per heavy atom. The first-order chi connectivity index (χ1) is 6.68. The van der Waals surface area contributed by atoms with Crippen molar-refractivity contribution in [2.45, 2.75) is 25.3 Å². The van der Waals surface area contributed by atoms with Gasteiger partial charge in [0.25, 0.3) is 0 Å². The van der Waals surface area contributed by atoms with Crippen molar-refractivity contribution in [1.29, 1.82) is 0 Å². The van der Waals surface area contributed by atoms with Crippen LogP contribution in [-0.4, -0.2) is 5.11 Å². The summed E-state index contributed by atoms with van der Waals surface area (Å²) in [6, 6.07) is 5.80. The van der Waals surface area contributed by atoms with Crippen LogP contribution in [0.25, 0.3) is 0 Å². The highest BCUT2D eigenvalue weighted by molar-refractivity contribution is 14.1.